The number of carbonyl (C=O) groups is 1. The maximum atomic E-state index is 12.7. The Kier molecular flexibility index (Phi) is 38.6. The minimum Gasteiger partial charge on any atom is -0.387 e. The Morgan fingerprint density at radius 2 is 1.07 bits per heavy atom. The molecule has 0 rings (SSSR count). The van der Waals surface area contributed by atoms with E-state index in [0.717, 1.165) is 89.9 Å². The van der Waals surface area contributed by atoms with E-state index in [2.05, 4.69) is 92.1 Å². The number of carbonyl (C=O) groups excluding carboxylic acids is 1. The lowest BCUT2D eigenvalue weighted by molar-refractivity contribution is -0.123. The maximum absolute atomic E-state index is 12.7. The van der Waals surface area contributed by atoms with Crippen LogP contribution in [0.15, 0.2) is 85.1 Å². The summed E-state index contributed by atoms with van der Waals surface area (Å²) >= 11 is 0. The van der Waals surface area contributed by atoms with Crippen LogP contribution in [0.4, 0.5) is 0 Å². The zero-order valence-electron chi connectivity index (χ0n) is 34.2. The molecule has 0 aliphatic carbocycles. The highest BCUT2D eigenvalue weighted by Crippen LogP contribution is 2.43. The number of nitrogens with two attached hydrogens (primary N) is 1. The first kappa shape index (κ1) is 51.7. The molecule has 9 heteroatoms. The number of aliphatic hydroxyl groups excluding tert-OH is 1. The molecule has 54 heavy (non-hydrogen) atoms. The lowest BCUT2D eigenvalue weighted by Gasteiger charge is -2.23. The smallest absolute Gasteiger partial charge is 0.387 e. The second-order valence-corrected chi connectivity index (χ2v) is 15.3. The van der Waals surface area contributed by atoms with Gasteiger partial charge >= 0.3 is 7.82 Å². The van der Waals surface area contributed by atoms with E-state index in [-0.39, 0.29) is 25.7 Å². The van der Waals surface area contributed by atoms with Crippen molar-refractivity contribution in [2.75, 3.05) is 19.8 Å². The Morgan fingerprint density at radius 1 is 0.630 bits per heavy atom. The summed E-state index contributed by atoms with van der Waals surface area (Å²) in [6.45, 7) is 3.97. The van der Waals surface area contributed by atoms with E-state index >= 15 is 0 Å². The molecule has 0 saturated heterocycles. The molecule has 3 unspecified atom stereocenters. The van der Waals surface area contributed by atoms with Crippen LogP contribution < -0.4 is 11.1 Å². The molecule has 0 fully saturated rings. The molecule has 0 spiro atoms. The number of hydrogen-bond donors (Lipinski definition) is 4. The highest BCUT2D eigenvalue weighted by atomic mass is 31.2. The van der Waals surface area contributed by atoms with E-state index in [0.29, 0.717) is 6.42 Å². The zero-order valence-corrected chi connectivity index (χ0v) is 35.1. The molecule has 0 aliphatic heterocycles. The van der Waals surface area contributed by atoms with Crippen LogP contribution in [0.2, 0.25) is 0 Å². The quantitative estimate of drug-likeness (QED) is 0.0279. The molecule has 0 bridgehead atoms. The number of nitrogens with one attached hydrogen (secondary N) is 1. The summed E-state index contributed by atoms with van der Waals surface area (Å²) in [6, 6.07) is -0.878. The third-order valence-corrected chi connectivity index (χ3v) is 9.71. The third kappa shape index (κ3) is 38.0. The van der Waals surface area contributed by atoms with Crippen molar-refractivity contribution in [1.29, 1.82) is 0 Å². The molecule has 0 radical (unpaired) electrons. The molecule has 0 aromatic heterocycles. The van der Waals surface area contributed by atoms with Crippen molar-refractivity contribution in [1.82, 2.24) is 5.32 Å². The first-order valence-corrected chi connectivity index (χ1v) is 22.7. The monoisotopic (exact) mass is 775 g/mol. The van der Waals surface area contributed by atoms with Crippen molar-refractivity contribution in [3.63, 3.8) is 0 Å². The highest BCUT2D eigenvalue weighted by Gasteiger charge is 2.26. The fourth-order valence-corrected chi connectivity index (χ4v) is 6.30. The van der Waals surface area contributed by atoms with E-state index in [4.69, 9.17) is 14.8 Å². The molecule has 5 N–H and O–H groups in total. The molecule has 310 valence electrons. The number of hydrogen-bond acceptors (Lipinski definition) is 6. The van der Waals surface area contributed by atoms with Crippen molar-refractivity contribution in [3.05, 3.63) is 85.1 Å². The number of phosphoric ester groups is 1. The van der Waals surface area contributed by atoms with Gasteiger partial charge in [-0.25, -0.2) is 4.57 Å². The van der Waals surface area contributed by atoms with Gasteiger partial charge in [-0.05, 0) is 70.6 Å². The molecular weight excluding hydrogens is 695 g/mol. The van der Waals surface area contributed by atoms with Crippen LogP contribution in [0.3, 0.4) is 0 Å². The predicted octanol–water partition coefficient (Wildman–Crippen LogP) is 11.8. The van der Waals surface area contributed by atoms with Gasteiger partial charge in [0.1, 0.15) is 0 Å². The fourth-order valence-electron chi connectivity index (χ4n) is 5.54. The van der Waals surface area contributed by atoms with Crippen molar-refractivity contribution < 1.29 is 28.4 Å². The maximum Gasteiger partial charge on any atom is 0.472 e. The number of phosphoric acid groups is 1. The van der Waals surface area contributed by atoms with Gasteiger partial charge in [0.05, 0.1) is 25.4 Å². The van der Waals surface area contributed by atoms with Gasteiger partial charge < -0.3 is 21.1 Å². The number of rotatable bonds is 38. The van der Waals surface area contributed by atoms with Crippen LogP contribution >= 0.6 is 7.82 Å². The minimum atomic E-state index is -4.35. The molecule has 3 atom stereocenters. The topological polar surface area (TPSA) is 131 Å². The van der Waals surface area contributed by atoms with Gasteiger partial charge in [-0.15, -0.1) is 0 Å². The van der Waals surface area contributed by atoms with Gasteiger partial charge in [-0.2, -0.15) is 0 Å². The van der Waals surface area contributed by atoms with E-state index in [9.17, 15) is 19.4 Å². The van der Waals surface area contributed by atoms with Crippen LogP contribution in [0.25, 0.3) is 0 Å². The van der Waals surface area contributed by atoms with E-state index in [1.165, 1.54) is 51.4 Å². The van der Waals surface area contributed by atoms with E-state index in [1.807, 2.05) is 6.08 Å². The second-order valence-electron chi connectivity index (χ2n) is 13.8. The average molecular weight is 775 g/mol. The summed E-state index contributed by atoms with van der Waals surface area (Å²) in [7, 11) is -4.35. The summed E-state index contributed by atoms with van der Waals surface area (Å²) in [6.07, 6.45) is 53.4. The number of allylic oxidation sites excluding steroid dienone is 13. The zero-order chi connectivity index (χ0) is 39.6. The molecule has 0 aromatic rings. The Balaban J connectivity index is 4.28. The normalized spacial score (nSPS) is 15.0. The highest BCUT2D eigenvalue weighted by molar-refractivity contribution is 7.47. The van der Waals surface area contributed by atoms with E-state index < -0.39 is 20.0 Å². The van der Waals surface area contributed by atoms with Crippen molar-refractivity contribution >= 4 is 13.7 Å². The molecule has 0 saturated carbocycles. The first-order valence-electron chi connectivity index (χ1n) is 21.2. The fraction of sp³-hybridized carbons (Fsp3) is 0.667. The SMILES string of the molecule is CC/C=C\C/C=C\C/C=C\C/C=C\C/C=C\C/C=C\CCCCCCC(=O)NC(COP(=O)(O)OCCN)C(O)/C=C/CCCCCCCCCCCC. The number of unbranched alkanes of at least 4 members (excludes halogenated alkanes) is 14. The Morgan fingerprint density at radius 3 is 1.57 bits per heavy atom. The van der Waals surface area contributed by atoms with Crippen molar-refractivity contribution in [2.45, 2.75) is 174 Å². The summed E-state index contributed by atoms with van der Waals surface area (Å²) in [5.41, 5.74) is 5.36. The van der Waals surface area contributed by atoms with Gasteiger partial charge in [-0.1, -0.05) is 170 Å². The number of amides is 1. The van der Waals surface area contributed by atoms with Gasteiger partial charge in [-0.3, -0.25) is 13.8 Å². The average Bonchev–Trinajstić information content (AvgIpc) is 3.16. The van der Waals surface area contributed by atoms with Gasteiger partial charge in [0.2, 0.25) is 5.91 Å². The molecule has 0 heterocycles. The summed E-state index contributed by atoms with van der Waals surface area (Å²) in [4.78, 5) is 22.7. The standard InChI is InChI=1S/C45H79N2O6P/c1-3-5-7-9-11-13-15-17-18-19-20-21-22-23-24-25-26-27-29-31-33-35-37-39-45(49)47-43(42-53-54(50,51)52-41-40-46)44(48)38-36-34-32-30-28-16-14-12-10-8-6-4-2/h5,7,11,13,17-18,20-21,23-24,26-27,36,38,43-44,48H,3-4,6,8-10,12,14-16,19,22,25,28-35,37,39-42,46H2,1-2H3,(H,47,49)(H,50,51)/b7-5-,13-11-,18-17-,21-20-,24-23-,27-26-,38-36+. The third-order valence-electron chi connectivity index (χ3n) is 8.73. The van der Waals surface area contributed by atoms with Crippen molar-refractivity contribution in [3.8, 4) is 0 Å². The predicted molar refractivity (Wildman–Crippen MR) is 230 cm³/mol. The molecule has 1 amide bonds. The van der Waals surface area contributed by atoms with Crippen LogP contribution in [0, 0.1) is 0 Å². The molecule has 0 aliphatic rings. The molecule has 8 nitrogen and oxygen atoms in total. The van der Waals surface area contributed by atoms with Crippen LogP contribution in [0.1, 0.15) is 162 Å². The summed E-state index contributed by atoms with van der Waals surface area (Å²) in [5, 5.41) is 13.6. The van der Waals surface area contributed by atoms with Crippen LogP contribution in [-0.2, 0) is 18.4 Å². The summed E-state index contributed by atoms with van der Waals surface area (Å²) in [5.74, 6) is -0.224. The minimum absolute atomic E-state index is 0.0692. The number of aliphatic hydroxyl groups is 1. The first-order chi connectivity index (χ1) is 26.4. The lowest BCUT2D eigenvalue weighted by atomic mass is 10.1. The van der Waals surface area contributed by atoms with Gasteiger partial charge in [0.15, 0.2) is 0 Å². The largest absolute Gasteiger partial charge is 0.472 e. The van der Waals surface area contributed by atoms with Gasteiger partial charge in [0, 0.05) is 13.0 Å². The van der Waals surface area contributed by atoms with Crippen molar-refractivity contribution in [2.24, 2.45) is 5.73 Å². The lowest BCUT2D eigenvalue weighted by Crippen LogP contribution is -2.45. The van der Waals surface area contributed by atoms with E-state index in [1.54, 1.807) is 6.08 Å². The summed E-state index contributed by atoms with van der Waals surface area (Å²) < 4.78 is 22.1. The second kappa shape index (κ2) is 40.3. The van der Waals surface area contributed by atoms with Crippen LogP contribution in [0.5, 0.6) is 0 Å². The van der Waals surface area contributed by atoms with Crippen LogP contribution in [-0.4, -0.2) is 47.8 Å². The Labute approximate surface area is 330 Å². The van der Waals surface area contributed by atoms with Gasteiger partial charge in [0.25, 0.3) is 0 Å². The molecular formula is C45H79N2O6P. The Bertz CT molecular complexity index is 1110. The Hall–Kier alpha value is -2.32. The molecule has 0 aromatic carbocycles.